The average Bonchev–Trinajstić information content (AvgIpc) is 3.75. The number of Topliss-reactive ketones (excluding diaryl/α,β-unsaturated/α-hetero) is 1. The van der Waals surface area contributed by atoms with Gasteiger partial charge in [0, 0.05) is 24.9 Å². The first-order valence-corrected chi connectivity index (χ1v) is 15.0. The molecule has 0 bridgehead atoms. The standard InChI is InChI=1S/C35H35N3O6/c1-3-42-30-20-25(10-13-29(30)43-21-24-8-5-4-6-9-24)32-31(33(39)26-11-12-28-27(19-26)18-23(2)44-28)34(40)35(41)38(32)16-7-15-37-17-14-36-22-37/h4-6,8-14,17,19-20,22-23,32H,3,7,15-16,18,21H2,1-2H3,(H,39,40)/p+1. The SMILES string of the molecule is CCOc1cc(C2C(=C(O)c3ccc4c(c3)CC(C)O4)C(=O)C(=O)N2CCC[n+]2cc[nH]c2)ccc1OCc1ccccc1. The second-order valence-corrected chi connectivity index (χ2v) is 11.1. The van der Waals surface area contributed by atoms with E-state index in [-0.39, 0.29) is 17.4 Å². The van der Waals surface area contributed by atoms with Crippen molar-refractivity contribution in [3.8, 4) is 17.2 Å². The van der Waals surface area contributed by atoms with Crippen molar-refractivity contribution in [1.29, 1.82) is 0 Å². The fourth-order valence-electron chi connectivity index (χ4n) is 5.88. The van der Waals surface area contributed by atoms with E-state index in [4.69, 9.17) is 14.2 Å². The summed E-state index contributed by atoms with van der Waals surface area (Å²) in [5, 5.41) is 11.6. The molecular formula is C35H36N3O6+. The second kappa shape index (κ2) is 12.7. The lowest BCUT2D eigenvalue weighted by Gasteiger charge is -2.26. The Morgan fingerprint density at radius 2 is 1.91 bits per heavy atom. The van der Waals surface area contributed by atoms with E-state index >= 15 is 0 Å². The Bertz CT molecular complexity index is 1680. The van der Waals surface area contributed by atoms with Gasteiger partial charge in [0.25, 0.3) is 11.7 Å². The Morgan fingerprint density at radius 1 is 1.07 bits per heavy atom. The predicted octanol–water partition coefficient (Wildman–Crippen LogP) is 5.12. The van der Waals surface area contributed by atoms with Crippen molar-refractivity contribution in [2.75, 3.05) is 13.2 Å². The fraction of sp³-hybridized carbons (Fsp3) is 0.286. The highest BCUT2D eigenvalue weighted by molar-refractivity contribution is 6.46. The van der Waals surface area contributed by atoms with Crippen LogP contribution in [-0.2, 0) is 29.2 Å². The molecule has 44 heavy (non-hydrogen) atoms. The molecule has 0 radical (unpaired) electrons. The van der Waals surface area contributed by atoms with Crippen LogP contribution >= 0.6 is 0 Å². The molecule has 1 amide bonds. The number of fused-ring (bicyclic) bond motifs is 1. The van der Waals surface area contributed by atoms with Gasteiger partial charge in [0.15, 0.2) is 11.5 Å². The predicted molar refractivity (Wildman–Crippen MR) is 163 cm³/mol. The zero-order chi connectivity index (χ0) is 30.6. The van der Waals surface area contributed by atoms with Gasteiger partial charge in [-0.2, -0.15) is 0 Å². The van der Waals surface area contributed by atoms with E-state index in [0.717, 1.165) is 16.9 Å². The number of hydrogen-bond acceptors (Lipinski definition) is 6. The van der Waals surface area contributed by atoms with Crippen LogP contribution in [-0.4, -0.2) is 45.9 Å². The van der Waals surface area contributed by atoms with Gasteiger partial charge in [-0.3, -0.25) is 14.6 Å². The first-order valence-electron chi connectivity index (χ1n) is 15.0. The molecule has 2 aliphatic rings. The molecule has 9 nitrogen and oxygen atoms in total. The number of H-pyrrole nitrogens is 1. The number of aliphatic hydroxyl groups excluding tert-OH is 1. The zero-order valence-corrected chi connectivity index (χ0v) is 24.9. The lowest BCUT2D eigenvalue weighted by Crippen LogP contribution is -2.36. The number of imidazole rings is 1. The summed E-state index contributed by atoms with van der Waals surface area (Å²) >= 11 is 0. The molecule has 3 heterocycles. The lowest BCUT2D eigenvalue weighted by atomic mass is 9.94. The Labute approximate surface area is 256 Å². The van der Waals surface area contributed by atoms with Crippen molar-refractivity contribution in [2.45, 2.75) is 52.0 Å². The molecule has 1 saturated heterocycles. The number of ketones is 1. The Kier molecular flexibility index (Phi) is 8.36. The van der Waals surface area contributed by atoms with Crippen LogP contribution in [0.1, 0.15) is 48.6 Å². The number of ether oxygens (including phenoxy) is 3. The van der Waals surface area contributed by atoms with Crippen molar-refractivity contribution in [2.24, 2.45) is 0 Å². The third-order valence-electron chi connectivity index (χ3n) is 7.95. The van der Waals surface area contributed by atoms with E-state index in [1.807, 2.05) is 79.6 Å². The summed E-state index contributed by atoms with van der Waals surface area (Å²) in [6.45, 7) is 5.59. The van der Waals surface area contributed by atoms with Crippen LogP contribution in [0.2, 0.25) is 0 Å². The van der Waals surface area contributed by atoms with Crippen LogP contribution < -0.4 is 18.8 Å². The lowest BCUT2D eigenvalue weighted by molar-refractivity contribution is -0.695. The highest BCUT2D eigenvalue weighted by atomic mass is 16.5. The summed E-state index contributed by atoms with van der Waals surface area (Å²) in [7, 11) is 0. The number of aryl methyl sites for hydroxylation is 1. The van der Waals surface area contributed by atoms with Crippen molar-refractivity contribution in [1.82, 2.24) is 9.88 Å². The number of hydrogen-bond donors (Lipinski definition) is 2. The summed E-state index contributed by atoms with van der Waals surface area (Å²) < 4.78 is 19.9. The number of amides is 1. The second-order valence-electron chi connectivity index (χ2n) is 11.1. The molecule has 4 aromatic rings. The Hall–Kier alpha value is -5.05. The Morgan fingerprint density at radius 3 is 2.68 bits per heavy atom. The summed E-state index contributed by atoms with van der Waals surface area (Å²) in [5.74, 6) is 0.248. The van der Waals surface area contributed by atoms with E-state index in [1.54, 1.807) is 29.2 Å². The molecule has 6 rings (SSSR count). The van der Waals surface area contributed by atoms with Gasteiger partial charge >= 0.3 is 0 Å². The van der Waals surface area contributed by atoms with E-state index in [1.165, 1.54) is 0 Å². The number of aromatic amines is 1. The van der Waals surface area contributed by atoms with E-state index in [0.29, 0.717) is 61.8 Å². The van der Waals surface area contributed by atoms with Crippen molar-refractivity contribution in [3.05, 3.63) is 113 Å². The van der Waals surface area contributed by atoms with Crippen LogP contribution in [0.4, 0.5) is 0 Å². The Balaban J connectivity index is 1.37. The number of aliphatic hydroxyl groups is 1. The van der Waals surface area contributed by atoms with Gasteiger partial charge in [-0.1, -0.05) is 36.4 Å². The molecule has 0 saturated carbocycles. The maximum absolute atomic E-state index is 13.6. The molecule has 2 aliphatic heterocycles. The molecular weight excluding hydrogens is 558 g/mol. The molecule has 2 N–H and O–H groups in total. The van der Waals surface area contributed by atoms with Gasteiger partial charge in [0.1, 0.15) is 36.6 Å². The highest BCUT2D eigenvalue weighted by Crippen LogP contribution is 2.43. The molecule has 2 unspecified atom stereocenters. The third kappa shape index (κ3) is 5.90. The molecule has 1 aromatic heterocycles. The van der Waals surface area contributed by atoms with Gasteiger partial charge in [0.05, 0.1) is 24.8 Å². The normalized spacial score (nSPS) is 18.7. The number of aromatic nitrogens is 2. The molecule has 2 atom stereocenters. The maximum Gasteiger partial charge on any atom is 0.295 e. The van der Waals surface area contributed by atoms with Gasteiger partial charge in [-0.05, 0) is 60.9 Å². The van der Waals surface area contributed by atoms with Crippen LogP contribution in [0.15, 0.2) is 91.0 Å². The van der Waals surface area contributed by atoms with Gasteiger partial charge in [0.2, 0.25) is 6.33 Å². The quantitative estimate of drug-likeness (QED) is 0.108. The van der Waals surface area contributed by atoms with E-state index in [2.05, 4.69) is 4.98 Å². The molecule has 3 aromatic carbocycles. The topological polar surface area (TPSA) is 105 Å². The van der Waals surface area contributed by atoms with E-state index < -0.39 is 17.7 Å². The zero-order valence-electron chi connectivity index (χ0n) is 24.9. The maximum atomic E-state index is 13.6. The number of nitrogens with one attached hydrogen (secondary N) is 1. The first-order chi connectivity index (χ1) is 21.4. The summed E-state index contributed by atoms with van der Waals surface area (Å²) in [6, 6.07) is 19.8. The fourth-order valence-corrected chi connectivity index (χ4v) is 5.88. The number of nitrogens with zero attached hydrogens (tertiary/aromatic N) is 2. The van der Waals surface area contributed by atoms with Crippen molar-refractivity contribution < 1.29 is 33.5 Å². The number of rotatable bonds is 11. The van der Waals surface area contributed by atoms with Crippen LogP contribution in [0, 0.1) is 0 Å². The van der Waals surface area contributed by atoms with Gasteiger partial charge < -0.3 is 24.2 Å². The highest BCUT2D eigenvalue weighted by Gasteiger charge is 2.46. The largest absolute Gasteiger partial charge is 0.507 e. The molecule has 0 aliphatic carbocycles. The minimum absolute atomic E-state index is 0.0329. The van der Waals surface area contributed by atoms with Crippen molar-refractivity contribution in [3.63, 3.8) is 0 Å². The van der Waals surface area contributed by atoms with Crippen LogP contribution in [0.5, 0.6) is 17.2 Å². The van der Waals surface area contributed by atoms with E-state index in [9.17, 15) is 14.7 Å². The summed E-state index contributed by atoms with van der Waals surface area (Å²) in [5.41, 5.74) is 3.14. The summed E-state index contributed by atoms with van der Waals surface area (Å²) in [6.07, 6.45) is 6.92. The number of carbonyl (C=O) groups is 2. The molecule has 0 spiro atoms. The number of benzene rings is 3. The van der Waals surface area contributed by atoms with Gasteiger partial charge in [-0.25, -0.2) is 4.57 Å². The van der Waals surface area contributed by atoms with Crippen LogP contribution in [0.25, 0.3) is 5.76 Å². The first kappa shape index (κ1) is 29.0. The molecule has 226 valence electrons. The molecule has 9 heteroatoms. The third-order valence-corrected chi connectivity index (χ3v) is 7.95. The number of carbonyl (C=O) groups excluding carboxylic acids is 2. The minimum Gasteiger partial charge on any atom is -0.507 e. The van der Waals surface area contributed by atoms with Gasteiger partial charge in [-0.15, -0.1) is 0 Å². The molecule has 1 fully saturated rings. The number of likely N-dealkylation sites (tertiary alicyclic amines) is 1. The summed E-state index contributed by atoms with van der Waals surface area (Å²) in [4.78, 5) is 31.7. The minimum atomic E-state index is -0.808. The smallest absolute Gasteiger partial charge is 0.295 e. The van der Waals surface area contributed by atoms with Crippen molar-refractivity contribution >= 4 is 17.4 Å². The monoisotopic (exact) mass is 594 g/mol. The average molecular weight is 595 g/mol. The van der Waals surface area contributed by atoms with Crippen LogP contribution in [0.3, 0.4) is 0 Å².